The molecule has 0 aromatic heterocycles. The van der Waals surface area contributed by atoms with Gasteiger partial charge in [-0.05, 0) is 35.4 Å². The summed E-state index contributed by atoms with van der Waals surface area (Å²) in [7, 11) is 0. The second-order valence-electron chi connectivity index (χ2n) is 3.89. The molecule has 8 heteroatoms. The van der Waals surface area contributed by atoms with Gasteiger partial charge in [0.1, 0.15) is 11.5 Å². The Morgan fingerprint density at radius 1 is 1.47 bits per heavy atom. The number of nitrogens with zero attached hydrogens (tertiary/aromatic N) is 1. The molecule has 19 heavy (non-hydrogen) atoms. The van der Waals surface area contributed by atoms with Crippen LogP contribution >= 0.6 is 22.6 Å². The number of rotatable bonds is 7. The van der Waals surface area contributed by atoms with Crippen LogP contribution < -0.4 is 11.1 Å². The maximum Gasteiger partial charge on any atom is 0.293 e. The average molecular weight is 381 g/mol. The number of nitrogens with one attached hydrogen (secondary N) is 1. The maximum absolute atomic E-state index is 13.4. The van der Waals surface area contributed by atoms with Crippen LogP contribution in [0, 0.1) is 19.5 Å². The van der Waals surface area contributed by atoms with E-state index in [1.807, 2.05) is 0 Å². The number of halogens is 2. The summed E-state index contributed by atoms with van der Waals surface area (Å²) in [5.74, 6) is -0.892. The van der Waals surface area contributed by atoms with E-state index in [1.54, 1.807) is 22.6 Å². The molecule has 0 saturated heterocycles. The van der Waals surface area contributed by atoms with Crippen LogP contribution in [0.1, 0.15) is 19.3 Å². The molecule has 1 aromatic carbocycles. The molecular formula is C11H13FIN3O3. The van der Waals surface area contributed by atoms with E-state index in [4.69, 9.17) is 5.73 Å². The molecule has 0 saturated carbocycles. The van der Waals surface area contributed by atoms with Gasteiger partial charge in [0.15, 0.2) is 0 Å². The number of carbonyl (C=O) groups excluding carboxylic acids is 1. The van der Waals surface area contributed by atoms with E-state index in [0.29, 0.717) is 19.4 Å². The van der Waals surface area contributed by atoms with Crippen LogP contribution in [0.3, 0.4) is 0 Å². The second kappa shape index (κ2) is 7.22. The van der Waals surface area contributed by atoms with Crippen LogP contribution in [0.4, 0.5) is 15.8 Å². The Balaban J connectivity index is 2.64. The van der Waals surface area contributed by atoms with Crippen LogP contribution in [0.15, 0.2) is 12.1 Å². The van der Waals surface area contributed by atoms with Gasteiger partial charge in [-0.2, -0.15) is 0 Å². The van der Waals surface area contributed by atoms with Crippen LogP contribution in [0.2, 0.25) is 0 Å². The van der Waals surface area contributed by atoms with Gasteiger partial charge in [0, 0.05) is 25.1 Å². The lowest BCUT2D eigenvalue weighted by atomic mass is 10.2. The minimum Gasteiger partial charge on any atom is -0.379 e. The molecule has 0 spiro atoms. The van der Waals surface area contributed by atoms with E-state index < -0.39 is 10.7 Å². The molecule has 0 bridgehead atoms. The molecule has 3 N–H and O–H groups in total. The van der Waals surface area contributed by atoms with Gasteiger partial charge in [0.2, 0.25) is 5.91 Å². The number of hydrogen-bond acceptors (Lipinski definition) is 4. The Bertz CT molecular complexity index is 496. The van der Waals surface area contributed by atoms with Crippen LogP contribution in [0.25, 0.3) is 0 Å². The lowest BCUT2D eigenvalue weighted by Crippen LogP contribution is -2.11. The molecule has 0 heterocycles. The van der Waals surface area contributed by atoms with E-state index in [-0.39, 0.29) is 27.3 Å². The first-order chi connectivity index (χ1) is 8.91. The first-order valence-electron chi connectivity index (χ1n) is 5.57. The lowest BCUT2D eigenvalue weighted by Gasteiger charge is -2.07. The zero-order chi connectivity index (χ0) is 14.4. The van der Waals surface area contributed by atoms with Crippen LogP contribution in [-0.2, 0) is 4.79 Å². The molecule has 0 unspecified atom stereocenters. The molecule has 0 fully saturated rings. The predicted octanol–water partition coefficient (Wildman–Crippen LogP) is 2.41. The third-order valence-electron chi connectivity index (χ3n) is 2.40. The Morgan fingerprint density at radius 3 is 2.74 bits per heavy atom. The highest BCUT2D eigenvalue weighted by Crippen LogP contribution is 2.28. The molecule has 104 valence electrons. The zero-order valence-electron chi connectivity index (χ0n) is 9.99. The number of amides is 1. The van der Waals surface area contributed by atoms with Gasteiger partial charge in [0.05, 0.1) is 8.49 Å². The molecule has 0 aliphatic carbocycles. The molecule has 1 amide bonds. The summed E-state index contributed by atoms with van der Waals surface area (Å²) in [4.78, 5) is 20.8. The summed E-state index contributed by atoms with van der Waals surface area (Å²) in [6, 6.07) is 2.29. The van der Waals surface area contributed by atoms with Crippen molar-refractivity contribution in [3.05, 3.63) is 31.6 Å². The van der Waals surface area contributed by atoms with Crippen molar-refractivity contribution in [3.8, 4) is 0 Å². The number of nitro groups is 1. The highest BCUT2D eigenvalue weighted by Gasteiger charge is 2.16. The predicted molar refractivity (Wildman–Crippen MR) is 77.3 cm³/mol. The normalized spacial score (nSPS) is 10.2. The summed E-state index contributed by atoms with van der Waals surface area (Å²) >= 11 is 1.70. The number of anilines is 1. The van der Waals surface area contributed by atoms with Crippen molar-refractivity contribution in [2.45, 2.75) is 19.3 Å². The minimum absolute atomic E-state index is 0.141. The number of nitro benzene ring substituents is 1. The number of hydrogen-bond donors (Lipinski definition) is 2. The summed E-state index contributed by atoms with van der Waals surface area (Å²) in [6.45, 7) is 0.411. The molecule has 0 aliphatic rings. The molecular weight excluding hydrogens is 368 g/mol. The third kappa shape index (κ3) is 4.97. The quantitative estimate of drug-likeness (QED) is 0.328. The molecule has 1 rings (SSSR count). The number of benzene rings is 1. The number of nitrogens with two attached hydrogens (primary N) is 1. The second-order valence-corrected chi connectivity index (χ2v) is 5.05. The summed E-state index contributed by atoms with van der Waals surface area (Å²) < 4.78 is 13.6. The van der Waals surface area contributed by atoms with Crippen LogP contribution in [0.5, 0.6) is 0 Å². The molecule has 0 aliphatic heterocycles. The van der Waals surface area contributed by atoms with Gasteiger partial charge in [-0.1, -0.05) is 0 Å². The summed E-state index contributed by atoms with van der Waals surface area (Å²) in [5, 5.41) is 13.6. The number of primary amides is 1. The van der Waals surface area contributed by atoms with Crippen molar-refractivity contribution < 1.29 is 14.1 Å². The van der Waals surface area contributed by atoms with Crippen molar-refractivity contribution in [2.24, 2.45) is 5.73 Å². The van der Waals surface area contributed by atoms with Gasteiger partial charge >= 0.3 is 0 Å². The minimum atomic E-state index is -0.562. The highest BCUT2D eigenvalue weighted by molar-refractivity contribution is 14.1. The van der Waals surface area contributed by atoms with E-state index in [9.17, 15) is 19.3 Å². The van der Waals surface area contributed by atoms with E-state index in [0.717, 1.165) is 6.07 Å². The largest absolute Gasteiger partial charge is 0.379 e. The fourth-order valence-electron chi connectivity index (χ4n) is 1.48. The highest BCUT2D eigenvalue weighted by atomic mass is 127. The number of carbonyl (C=O) groups is 1. The van der Waals surface area contributed by atoms with E-state index >= 15 is 0 Å². The monoisotopic (exact) mass is 381 g/mol. The first-order valence-corrected chi connectivity index (χ1v) is 6.65. The SMILES string of the molecule is NC(=O)CCCCNc1cc(F)c(I)cc1[N+](=O)[O-]. The third-order valence-corrected chi connectivity index (χ3v) is 3.23. The summed E-state index contributed by atoms with van der Waals surface area (Å²) in [5.41, 5.74) is 4.96. The fourth-order valence-corrected chi connectivity index (χ4v) is 1.93. The topological polar surface area (TPSA) is 98.3 Å². The zero-order valence-corrected chi connectivity index (χ0v) is 12.1. The van der Waals surface area contributed by atoms with Crippen LogP contribution in [-0.4, -0.2) is 17.4 Å². The Morgan fingerprint density at radius 2 is 2.16 bits per heavy atom. The molecule has 0 radical (unpaired) electrons. The van der Waals surface area contributed by atoms with E-state index in [2.05, 4.69) is 5.32 Å². The van der Waals surface area contributed by atoms with Crippen molar-refractivity contribution in [2.75, 3.05) is 11.9 Å². The summed E-state index contributed by atoms with van der Waals surface area (Å²) in [6.07, 6.45) is 1.47. The molecule has 1 aromatic rings. The van der Waals surface area contributed by atoms with Gasteiger partial charge in [-0.25, -0.2) is 4.39 Å². The average Bonchev–Trinajstić information content (AvgIpc) is 2.32. The lowest BCUT2D eigenvalue weighted by molar-refractivity contribution is -0.384. The van der Waals surface area contributed by atoms with Crippen molar-refractivity contribution in [1.29, 1.82) is 0 Å². The van der Waals surface area contributed by atoms with Gasteiger partial charge in [-0.3, -0.25) is 14.9 Å². The molecule has 0 atom stereocenters. The fraction of sp³-hybridized carbons (Fsp3) is 0.364. The first kappa shape index (κ1) is 15.6. The van der Waals surface area contributed by atoms with Crippen molar-refractivity contribution in [1.82, 2.24) is 0 Å². The van der Waals surface area contributed by atoms with Crippen molar-refractivity contribution >= 4 is 39.9 Å². The smallest absolute Gasteiger partial charge is 0.293 e. The maximum atomic E-state index is 13.4. The van der Waals surface area contributed by atoms with Gasteiger partial charge in [0.25, 0.3) is 5.69 Å². The van der Waals surface area contributed by atoms with Gasteiger partial charge in [-0.15, -0.1) is 0 Å². The Labute approximate surface area is 122 Å². The number of unbranched alkanes of at least 4 members (excludes halogenated alkanes) is 1. The van der Waals surface area contributed by atoms with Crippen molar-refractivity contribution in [3.63, 3.8) is 0 Å². The standard InChI is InChI=1S/C11H13FIN3O3/c12-7-5-9(10(16(18)19)6-8(7)13)15-4-2-1-3-11(14)17/h5-6,15H,1-4H2,(H2,14,17). The van der Waals surface area contributed by atoms with E-state index in [1.165, 1.54) is 6.07 Å². The Hall–Kier alpha value is -1.45. The Kier molecular flexibility index (Phi) is 5.93. The molecule has 6 nitrogen and oxygen atoms in total. The van der Waals surface area contributed by atoms with Gasteiger partial charge < -0.3 is 11.1 Å².